The van der Waals surface area contributed by atoms with E-state index in [1.165, 1.54) is 6.42 Å². The van der Waals surface area contributed by atoms with Gasteiger partial charge in [-0.05, 0) is 24.8 Å². The first-order valence-electron chi connectivity index (χ1n) is 9.33. The Kier molecular flexibility index (Phi) is 6.07. The molecule has 2 aliphatic rings. The van der Waals surface area contributed by atoms with Crippen LogP contribution in [0.4, 0.5) is 5.95 Å². The Morgan fingerprint density at radius 3 is 2.68 bits per heavy atom. The molecule has 0 spiro atoms. The lowest BCUT2D eigenvalue weighted by Crippen LogP contribution is -2.51. The van der Waals surface area contributed by atoms with Crippen LogP contribution in [-0.2, 0) is 4.74 Å². The highest BCUT2D eigenvalue weighted by Crippen LogP contribution is 2.26. The maximum atomic E-state index is 6.26. The molecule has 7 nitrogen and oxygen atoms in total. The predicted molar refractivity (Wildman–Crippen MR) is 99.6 cm³/mol. The van der Waals surface area contributed by atoms with Crippen LogP contribution in [0, 0.1) is 11.8 Å². The second-order valence-electron chi connectivity index (χ2n) is 7.20. The quantitative estimate of drug-likeness (QED) is 0.655. The van der Waals surface area contributed by atoms with Crippen LogP contribution in [0.1, 0.15) is 26.7 Å². The molecule has 0 radical (unpaired) electrons. The van der Waals surface area contributed by atoms with E-state index < -0.39 is 0 Å². The molecule has 2 atom stereocenters. The minimum absolute atomic E-state index is 0.303. The average molecular weight is 346 g/mol. The predicted octanol–water partition coefficient (Wildman–Crippen LogP) is 1.36. The third-order valence-corrected chi connectivity index (χ3v) is 5.08. The summed E-state index contributed by atoms with van der Waals surface area (Å²) in [6.07, 6.45) is 6.17. The third kappa shape index (κ3) is 4.60. The molecule has 1 aromatic rings. The van der Waals surface area contributed by atoms with E-state index in [1.54, 1.807) is 12.4 Å². The number of hydrogen-bond donors (Lipinski definition) is 1. The van der Waals surface area contributed by atoms with Crippen molar-refractivity contribution in [3.63, 3.8) is 0 Å². The van der Waals surface area contributed by atoms with E-state index in [-0.39, 0.29) is 0 Å². The minimum atomic E-state index is 0.303. The first kappa shape index (κ1) is 17.9. The zero-order chi connectivity index (χ0) is 17.6. The van der Waals surface area contributed by atoms with Crippen LogP contribution >= 0.6 is 0 Å². The van der Waals surface area contributed by atoms with Gasteiger partial charge in [0.05, 0.1) is 6.10 Å². The highest BCUT2D eigenvalue weighted by Gasteiger charge is 2.28. The molecule has 2 N–H and O–H groups in total. The van der Waals surface area contributed by atoms with E-state index >= 15 is 0 Å². The number of ether oxygens (including phenoxy) is 1. The lowest BCUT2D eigenvalue weighted by molar-refractivity contribution is -0.0491. The maximum absolute atomic E-state index is 6.26. The summed E-state index contributed by atoms with van der Waals surface area (Å²) in [6.45, 7) is 9.51. The molecule has 25 heavy (non-hydrogen) atoms. The summed E-state index contributed by atoms with van der Waals surface area (Å²) < 4.78 is 5.95. The number of aromatic nitrogens is 2. The number of hydrogen-bond acceptors (Lipinski definition) is 5. The first-order valence-corrected chi connectivity index (χ1v) is 9.33. The summed E-state index contributed by atoms with van der Waals surface area (Å²) in [5.41, 5.74) is 6.26. The van der Waals surface area contributed by atoms with Gasteiger partial charge in [0.15, 0.2) is 5.96 Å². The number of nitrogens with two attached hydrogens (primary N) is 1. The zero-order valence-electron chi connectivity index (χ0n) is 15.3. The highest BCUT2D eigenvalue weighted by atomic mass is 16.5. The first-order chi connectivity index (χ1) is 12.1. The Bertz CT molecular complexity index is 556. The smallest absolute Gasteiger partial charge is 0.225 e. The standard InChI is InChI=1S/C18H30N6O/c1-14(2)16-15(5-3-12-25-16)13-22-17(19)23-8-10-24(11-9-23)18-20-6-4-7-21-18/h4,6-7,14-16H,3,5,8-13H2,1-2H3,(H2,19,22). The highest BCUT2D eigenvalue weighted by molar-refractivity contribution is 5.78. The van der Waals surface area contributed by atoms with Crippen molar-refractivity contribution in [1.29, 1.82) is 0 Å². The van der Waals surface area contributed by atoms with Crippen LogP contribution < -0.4 is 10.6 Å². The number of nitrogens with zero attached hydrogens (tertiary/aromatic N) is 5. The molecule has 7 heteroatoms. The van der Waals surface area contributed by atoms with E-state index in [1.807, 2.05) is 6.07 Å². The molecule has 2 unspecified atom stereocenters. The largest absolute Gasteiger partial charge is 0.378 e. The van der Waals surface area contributed by atoms with Gasteiger partial charge in [0.1, 0.15) is 0 Å². The fourth-order valence-corrected chi connectivity index (χ4v) is 3.70. The number of rotatable bonds is 4. The fraction of sp³-hybridized carbons (Fsp3) is 0.722. The average Bonchev–Trinajstić information content (AvgIpc) is 2.67. The van der Waals surface area contributed by atoms with Gasteiger partial charge >= 0.3 is 0 Å². The van der Waals surface area contributed by atoms with Crippen LogP contribution in [0.15, 0.2) is 23.5 Å². The van der Waals surface area contributed by atoms with Gasteiger partial charge in [0.25, 0.3) is 0 Å². The van der Waals surface area contributed by atoms with Crippen LogP contribution in [0.3, 0.4) is 0 Å². The van der Waals surface area contributed by atoms with Gasteiger partial charge < -0.3 is 20.3 Å². The summed E-state index contributed by atoms with van der Waals surface area (Å²) in [6, 6.07) is 1.84. The molecule has 3 heterocycles. The number of anilines is 1. The van der Waals surface area contributed by atoms with Crippen molar-refractivity contribution in [2.45, 2.75) is 32.8 Å². The van der Waals surface area contributed by atoms with Crippen molar-refractivity contribution < 1.29 is 4.74 Å². The lowest BCUT2D eigenvalue weighted by atomic mass is 9.87. The lowest BCUT2D eigenvalue weighted by Gasteiger charge is -2.36. The van der Waals surface area contributed by atoms with Gasteiger partial charge in [0, 0.05) is 57.6 Å². The molecule has 0 aromatic carbocycles. The Balaban J connectivity index is 1.51. The van der Waals surface area contributed by atoms with Gasteiger partial charge in [-0.1, -0.05) is 13.8 Å². The Labute approximate surface area is 150 Å². The third-order valence-electron chi connectivity index (χ3n) is 5.08. The van der Waals surface area contributed by atoms with Crippen LogP contribution in [0.5, 0.6) is 0 Å². The molecule has 0 amide bonds. The second kappa shape index (κ2) is 8.47. The molecule has 2 fully saturated rings. The number of aliphatic imine (C=N–C) groups is 1. The van der Waals surface area contributed by atoms with Crippen molar-refractivity contribution in [3.05, 3.63) is 18.5 Å². The molecule has 0 bridgehead atoms. The summed E-state index contributed by atoms with van der Waals surface area (Å²) in [4.78, 5) is 17.7. The van der Waals surface area contributed by atoms with Crippen molar-refractivity contribution in [2.24, 2.45) is 22.6 Å². The topological polar surface area (TPSA) is 79.9 Å². The number of guanidine groups is 1. The van der Waals surface area contributed by atoms with Crippen LogP contribution in [0.2, 0.25) is 0 Å². The minimum Gasteiger partial charge on any atom is -0.378 e. The summed E-state index contributed by atoms with van der Waals surface area (Å²) >= 11 is 0. The second-order valence-corrected chi connectivity index (χ2v) is 7.20. The number of piperazine rings is 1. The maximum Gasteiger partial charge on any atom is 0.225 e. The molecule has 3 rings (SSSR count). The molecule has 138 valence electrons. The van der Waals surface area contributed by atoms with Crippen LogP contribution in [-0.4, -0.2) is 66.3 Å². The van der Waals surface area contributed by atoms with E-state index in [2.05, 4.69) is 33.6 Å². The monoisotopic (exact) mass is 346 g/mol. The SMILES string of the molecule is CC(C)C1OCCCC1CN=C(N)N1CCN(c2ncccn2)CC1. The van der Waals surface area contributed by atoms with Gasteiger partial charge in [-0.2, -0.15) is 0 Å². The van der Waals surface area contributed by atoms with Crippen LogP contribution in [0.25, 0.3) is 0 Å². The van der Waals surface area contributed by atoms with E-state index in [0.29, 0.717) is 23.9 Å². The van der Waals surface area contributed by atoms with E-state index in [4.69, 9.17) is 15.5 Å². The molecular weight excluding hydrogens is 316 g/mol. The van der Waals surface area contributed by atoms with Gasteiger partial charge in [-0.3, -0.25) is 4.99 Å². The zero-order valence-corrected chi connectivity index (χ0v) is 15.3. The molecule has 1 aromatic heterocycles. The molecule has 2 aliphatic heterocycles. The summed E-state index contributed by atoms with van der Waals surface area (Å²) in [5.74, 6) is 2.45. The summed E-state index contributed by atoms with van der Waals surface area (Å²) in [7, 11) is 0. The van der Waals surface area contributed by atoms with Crippen molar-refractivity contribution in [2.75, 3.05) is 44.2 Å². The Hall–Kier alpha value is -1.89. The van der Waals surface area contributed by atoms with Gasteiger partial charge in [0.2, 0.25) is 5.95 Å². The van der Waals surface area contributed by atoms with Gasteiger partial charge in [-0.15, -0.1) is 0 Å². The molecular formula is C18H30N6O. The van der Waals surface area contributed by atoms with Gasteiger partial charge in [-0.25, -0.2) is 9.97 Å². The fourth-order valence-electron chi connectivity index (χ4n) is 3.70. The van der Waals surface area contributed by atoms with E-state index in [9.17, 15) is 0 Å². The molecule has 0 aliphatic carbocycles. The Morgan fingerprint density at radius 1 is 1.28 bits per heavy atom. The Morgan fingerprint density at radius 2 is 2.00 bits per heavy atom. The van der Waals surface area contributed by atoms with Crippen molar-refractivity contribution >= 4 is 11.9 Å². The molecule has 2 saturated heterocycles. The normalized spacial score (nSPS) is 25.5. The summed E-state index contributed by atoms with van der Waals surface area (Å²) in [5, 5.41) is 0. The van der Waals surface area contributed by atoms with E-state index in [0.717, 1.165) is 51.7 Å². The van der Waals surface area contributed by atoms with Crippen molar-refractivity contribution in [1.82, 2.24) is 14.9 Å². The molecule has 0 saturated carbocycles. The van der Waals surface area contributed by atoms with Crippen molar-refractivity contribution in [3.8, 4) is 0 Å².